The third-order valence-electron chi connectivity index (χ3n) is 3.86. The van der Waals surface area contributed by atoms with Gasteiger partial charge in [0.25, 0.3) is 0 Å². The van der Waals surface area contributed by atoms with Gasteiger partial charge < -0.3 is 10.3 Å². The van der Waals surface area contributed by atoms with Crippen molar-refractivity contribution in [1.29, 1.82) is 0 Å². The van der Waals surface area contributed by atoms with Crippen molar-refractivity contribution in [3.05, 3.63) is 54.2 Å². The molecule has 1 aliphatic rings. The molecule has 0 aliphatic carbocycles. The van der Waals surface area contributed by atoms with Crippen LogP contribution in [-0.2, 0) is 6.54 Å². The number of nitrogens with one attached hydrogen (secondary N) is 1. The Bertz CT molecular complexity index is 547. The lowest BCUT2D eigenvalue weighted by molar-refractivity contribution is 0.249. The molecule has 0 atom stereocenters. The van der Waals surface area contributed by atoms with Crippen molar-refractivity contribution in [2.45, 2.75) is 6.54 Å². The van der Waals surface area contributed by atoms with Crippen LogP contribution in [0.4, 0.5) is 11.5 Å². The number of aromatic nitrogens is 1. The van der Waals surface area contributed by atoms with Gasteiger partial charge in [-0.15, -0.1) is 0 Å². The lowest BCUT2D eigenvalue weighted by Gasteiger charge is -2.35. The van der Waals surface area contributed by atoms with E-state index in [1.165, 1.54) is 5.56 Å². The summed E-state index contributed by atoms with van der Waals surface area (Å²) in [5, 5.41) is 0. The molecule has 5 heteroatoms. The first kappa shape index (κ1) is 13.9. The molecule has 1 aromatic heterocycles. The Hall–Kier alpha value is -2.11. The van der Waals surface area contributed by atoms with Gasteiger partial charge in [-0.2, -0.15) is 0 Å². The Morgan fingerprint density at radius 1 is 1.00 bits per heavy atom. The summed E-state index contributed by atoms with van der Waals surface area (Å²) in [5.41, 5.74) is 4.81. The Morgan fingerprint density at radius 3 is 2.38 bits per heavy atom. The molecule has 0 radical (unpaired) electrons. The second-order valence-electron chi connectivity index (χ2n) is 5.30. The van der Waals surface area contributed by atoms with Crippen molar-refractivity contribution in [2.75, 3.05) is 36.5 Å². The number of rotatable bonds is 4. The van der Waals surface area contributed by atoms with Crippen molar-refractivity contribution in [3.63, 3.8) is 0 Å². The molecule has 3 rings (SSSR count). The van der Waals surface area contributed by atoms with Gasteiger partial charge >= 0.3 is 0 Å². The average Bonchev–Trinajstić information content (AvgIpc) is 2.57. The molecule has 1 saturated heterocycles. The Labute approximate surface area is 125 Å². The minimum Gasteiger partial charge on any atom is -0.354 e. The maximum absolute atomic E-state index is 5.36. The van der Waals surface area contributed by atoms with Crippen LogP contribution in [0.15, 0.2) is 48.7 Å². The van der Waals surface area contributed by atoms with E-state index in [9.17, 15) is 0 Å². The van der Waals surface area contributed by atoms with E-state index in [0.29, 0.717) is 0 Å². The van der Waals surface area contributed by atoms with Crippen LogP contribution in [-0.4, -0.2) is 36.1 Å². The van der Waals surface area contributed by atoms with Gasteiger partial charge in [-0.1, -0.05) is 30.3 Å². The van der Waals surface area contributed by atoms with Gasteiger partial charge in [0.05, 0.1) is 11.9 Å². The number of anilines is 2. The highest BCUT2D eigenvalue weighted by atomic mass is 15.3. The summed E-state index contributed by atoms with van der Waals surface area (Å²) in [6, 6.07) is 14.6. The average molecular weight is 283 g/mol. The normalized spacial score (nSPS) is 16.0. The van der Waals surface area contributed by atoms with Crippen LogP contribution in [0.1, 0.15) is 5.56 Å². The van der Waals surface area contributed by atoms with Gasteiger partial charge in [-0.3, -0.25) is 10.7 Å². The lowest BCUT2D eigenvalue weighted by atomic mass is 10.2. The van der Waals surface area contributed by atoms with Crippen LogP contribution < -0.4 is 16.2 Å². The first-order valence-electron chi connectivity index (χ1n) is 7.29. The highest BCUT2D eigenvalue weighted by Crippen LogP contribution is 2.16. The Kier molecular flexibility index (Phi) is 4.33. The molecule has 1 aliphatic heterocycles. The number of piperazine rings is 1. The van der Waals surface area contributed by atoms with E-state index < -0.39 is 0 Å². The maximum Gasteiger partial charge on any atom is 0.128 e. The zero-order valence-corrected chi connectivity index (χ0v) is 12.1. The van der Waals surface area contributed by atoms with E-state index in [1.807, 2.05) is 12.1 Å². The number of hydrogen-bond donors (Lipinski definition) is 2. The number of nitrogens with zero attached hydrogens (tertiary/aromatic N) is 3. The third kappa shape index (κ3) is 3.51. The zero-order chi connectivity index (χ0) is 14.5. The van der Waals surface area contributed by atoms with Crippen LogP contribution in [0.2, 0.25) is 0 Å². The highest BCUT2D eigenvalue weighted by Gasteiger charge is 2.17. The van der Waals surface area contributed by atoms with E-state index in [-0.39, 0.29) is 0 Å². The minimum atomic E-state index is 0.835. The summed E-state index contributed by atoms with van der Waals surface area (Å²) in [5.74, 6) is 6.38. The summed E-state index contributed by atoms with van der Waals surface area (Å²) in [6.45, 7) is 5.17. The number of hydrazine groups is 1. The van der Waals surface area contributed by atoms with Crippen LogP contribution in [0.3, 0.4) is 0 Å². The van der Waals surface area contributed by atoms with Crippen LogP contribution in [0, 0.1) is 0 Å². The summed E-state index contributed by atoms with van der Waals surface area (Å²) >= 11 is 0. The number of benzene rings is 1. The van der Waals surface area contributed by atoms with E-state index in [0.717, 1.165) is 44.2 Å². The van der Waals surface area contributed by atoms with Gasteiger partial charge in [0.1, 0.15) is 5.82 Å². The molecule has 0 spiro atoms. The maximum atomic E-state index is 5.36. The van der Waals surface area contributed by atoms with Gasteiger partial charge in [0, 0.05) is 32.7 Å². The van der Waals surface area contributed by atoms with E-state index >= 15 is 0 Å². The summed E-state index contributed by atoms with van der Waals surface area (Å²) in [6.07, 6.45) is 1.77. The quantitative estimate of drug-likeness (QED) is 0.660. The largest absolute Gasteiger partial charge is 0.354 e. The summed E-state index contributed by atoms with van der Waals surface area (Å²) in [4.78, 5) is 9.26. The Balaban J connectivity index is 1.54. The van der Waals surface area contributed by atoms with E-state index in [2.05, 4.69) is 50.5 Å². The molecule has 2 heterocycles. The third-order valence-corrected chi connectivity index (χ3v) is 3.86. The van der Waals surface area contributed by atoms with E-state index in [1.54, 1.807) is 6.20 Å². The molecule has 21 heavy (non-hydrogen) atoms. The van der Waals surface area contributed by atoms with Crippen molar-refractivity contribution >= 4 is 11.5 Å². The van der Waals surface area contributed by atoms with Crippen molar-refractivity contribution in [2.24, 2.45) is 5.84 Å². The minimum absolute atomic E-state index is 0.835. The van der Waals surface area contributed by atoms with Crippen molar-refractivity contribution in [1.82, 2.24) is 9.88 Å². The van der Waals surface area contributed by atoms with Gasteiger partial charge in [-0.25, -0.2) is 4.98 Å². The molecule has 3 N–H and O–H groups in total. The SMILES string of the molecule is NNc1ccc(N2CCN(Cc3ccccc3)CC2)nc1. The standard InChI is InChI=1S/C16H21N5/c17-19-15-6-7-16(18-12-15)21-10-8-20(9-11-21)13-14-4-2-1-3-5-14/h1-7,12,19H,8-11,13,17H2. The lowest BCUT2D eigenvalue weighted by Crippen LogP contribution is -2.46. The zero-order valence-electron chi connectivity index (χ0n) is 12.1. The van der Waals surface area contributed by atoms with Crippen molar-refractivity contribution < 1.29 is 0 Å². The van der Waals surface area contributed by atoms with Gasteiger partial charge in [0.2, 0.25) is 0 Å². The summed E-state index contributed by atoms with van der Waals surface area (Å²) in [7, 11) is 0. The molecule has 1 fully saturated rings. The molecule has 0 unspecified atom stereocenters. The number of nitrogen functional groups attached to an aromatic ring is 1. The molecular formula is C16H21N5. The van der Waals surface area contributed by atoms with Crippen LogP contribution >= 0.6 is 0 Å². The fourth-order valence-corrected chi connectivity index (χ4v) is 2.64. The number of nitrogens with two attached hydrogens (primary N) is 1. The van der Waals surface area contributed by atoms with Crippen LogP contribution in [0.5, 0.6) is 0 Å². The molecule has 0 amide bonds. The van der Waals surface area contributed by atoms with Gasteiger partial charge in [-0.05, 0) is 17.7 Å². The molecule has 1 aromatic carbocycles. The topological polar surface area (TPSA) is 57.4 Å². The first-order chi connectivity index (χ1) is 10.3. The summed E-state index contributed by atoms with van der Waals surface area (Å²) < 4.78 is 0. The molecule has 110 valence electrons. The predicted molar refractivity (Wildman–Crippen MR) is 86.0 cm³/mol. The second kappa shape index (κ2) is 6.56. The van der Waals surface area contributed by atoms with E-state index in [4.69, 9.17) is 5.84 Å². The molecule has 0 saturated carbocycles. The Morgan fingerprint density at radius 2 is 1.76 bits per heavy atom. The number of hydrogen-bond acceptors (Lipinski definition) is 5. The van der Waals surface area contributed by atoms with Crippen molar-refractivity contribution in [3.8, 4) is 0 Å². The fraction of sp³-hybridized carbons (Fsp3) is 0.312. The van der Waals surface area contributed by atoms with Gasteiger partial charge in [0.15, 0.2) is 0 Å². The monoisotopic (exact) mass is 283 g/mol. The number of pyridine rings is 1. The highest BCUT2D eigenvalue weighted by molar-refractivity contribution is 5.48. The fourth-order valence-electron chi connectivity index (χ4n) is 2.64. The molecule has 2 aromatic rings. The predicted octanol–water partition coefficient (Wildman–Crippen LogP) is 1.69. The smallest absolute Gasteiger partial charge is 0.128 e. The molecular weight excluding hydrogens is 262 g/mol. The molecule has 0 bridgehead atoms. The second-order valence-corrected chi connectivity index (χ2v) is 5.30. The first-order valence-corrected chi connectivity index (χ1v) is 7.29. The molecule has 5 nitrogen and oxygen atoms in total. The van der Waals surface area contributed by atoms with Crippen LogP contribution in [0.25, 0.3) is 0 Å².